The summed E-state index contributed by atoms with van der Waals surface area (Å²) in [6.45, 7) is 2.73. The molecule has 0 bridgehead atoms. The van der Waals surface area contributed by atoms with Crippen molar-refractivity contribution in [3.63, 3.8) is 0 Å². The predicted molar refractivity (Wildman–Crippen MR) is 87.8 cm³/mol. The van der Waals surface area contributed by atoms with E-state index in [0.717, 1.165) is 6.54 Å². The maximum atomic E-state index is 12.1. The molecule has 0 atom stereocenters. The van der Waals surface area contributed by atoms with Crippen LogP contribution in [0.4, 0.5) is 11.5 Å². The average Bonchev–Trinajstić information content (AvgIpc) is 2.46. The van der Waals surface area contributed by atoms with Crippen LogP contribution >= 0.6 is 34.8 Å². The maximum Gasteiger partial charge on any atom is 0.257 e. The Balaban J connectivity index is 2.16. The van der Waals surface area contributed by atoms with Crippen molar-refractivity contribution in [2.75, 3.05) is 17.2 Å². The number of anilines is 2. The van der Waals surface area contributed by atoms with Crippen LogP contribution in [0.5, 0.6) is 0 Å². The zero-order chi connectivity index (χ0) is 15.4. The molecule has 0 radical (unpaired) electrons. The fourth-order valence-corrected chi connectivity index (χ4v) is 2.22. The first kappa shape index (κ1) is 15.9. The summed E-state index contributed by atoms with van der Waals surface area (Å²) in [6, 6.07) is 6.39. The van der Waals surface area contributed by atoms with Crippen LogP contribution in [0.15, 0.2) is 30.5 Å². The fourth-order valence-electron chi connectivity index (χ4n) is 1.63. The molecule has 2 rings (SSSR count). The first-order chi connectivity index (χ1) is 10.0. The van der Waals surface area contributed by atoms with Gasteiger partial charge >= 0.3 is 0 Å². The Morgan fingerprint density at radius 2 is 1.86 bits per heavy atom. The molecule has 0 spiro atoms. The van der Waals surface area contributed by atoms with Gasteiger partial charge in [0.15, 0.2) is 0 Å². The van der Waals surface area contributed by atoms with Gasteiger partial charge in [-0.05, 0) is 31.2 Å². The van der Waals surface area contributed by atoms with Gasteiger partial charge in [-0.2, -0.15) is 0 Å². The van der Waals surface area contributed by atoms with Crippen molar-refractivity contribution in [3.8, 4) is 0 Å². The number of pyridine rings is 1. The second-order valence-electron chi connectivity index (χ2n) is 4.16. The second-order valence-corrected chi connectivity index (χ2v) is 5.38. The number of hydrogen-bond acceptors (Lipinski definition) is 3. The number of carbonyl (C=O) groups is 1. The molecule has 0 aliphatic rings. The smallest absolute Gasteiger partial charge is 0.257 e. The van der Waals surface area contributed by atoms with Crippen molar-refractivity contribution in [2.24, 2.45) is 0 Å². The molecule has 2 aromatic rings. The number of aromatic nitrogens is 1. The number of carbonyl (C=O) groups excluding carboxylic acids is 1. The van der Waals surface area contributed by atoms with Crippen molar-refractivity contribution < 1.29 is 4.79 Å². The minimum atomic E-state index is -0.328. The Labute approximate surface area is 137 Å². The number of halogens is 3. The SMILES string of the molecule is CCNc1ccc(C(=O)Nc2cc(Cl)c(Cl)cc2Cl)cn1. The van der Waals surface area contributed by atoms with Gasteiger partial charge in [-0.25, -0.2) is 4.98 Å². The molecule has 4 nitrogen and oxygen atoms in total. The van der Waals surface area contributed by atoms with Crippen LogP contribution in [0.2, 0.25) is 15.1 Å². The van der Waals surface area contributed by atoms with Crippen molar-refractivity contribution >= 4 is 52.2 Å². The summed E-state index contributed by atoms with van der Waals surface area (Å²) in [4.78, 5) is 16.3. The van der Waals surface area contributed by atoms with Gasteiger partial charge in [0.1, 0.15) is 5.82 Å². The molecule has 0 unspecified atom stereocenters. The Kier molecular flexibility index (Phi) is 5.28. The van der Waals surface area contributed by atoms with E-state index in [1.54, 1.807) is 12.1 Å². The maximum absolute atomic E-state index is 12.1. The molecule has 7 heteroatoms. The lowest BCUT2D eigenvalue weighted by molar-refractivity contribution is 0.102. The van der Waals surface area contributed by atoms with E-state index < -0.39 is 0 Å². The van der Waals surface area contributed by atoms with E-state index in [1.165, 1.54) is 18.3 Å². The molecule has 0 aliphatic carbocycles. The summed E-state index contributed by atoms with van der Waals surface area (Å²) in [5.74, 6) is 0.382. The topological polar surface area (TPSA) is 54.0 Å². The molecule has 1 aromatic heterocycles. The van der Waals surface area contributed by atoms with Gasteiger partial charge in [0, 0.05) is 12.7 Å². The number of hydrogen-bond donors (Lipinski definition) is 2. The van der Waals surface area contributed by atoms with E-state index in [1.807, 2.05) is 6.92 Å². The molecule has 1 aromatic carbocycles. The molecule has 0 aliphatic heterocycles. The Bertz CT molecular complexity index is 659. The molecular weight excluding hydrogens is 333 g/mol. The van der Waals surface area contributed by atoms with Crippen LogP contribution < -0.4 is 10.6 Å². The predicted octanol–water partition coefficient (Wildman–Crippen LogP) is 4.73. The normalized spacial score (nSPS) is 10.3. The summed E-state index contributed by atoms with van der Waals surface area (Å²) in [5, 5.41) is 6.68. The number of nitrogens with zero attached hydrogens (tertiary/aromatic N) is 1. The number of nitrogens with one attached hydrogen (secondary N) is 2. The highest BCUT2D eigenvalue weighted by atomic mass is 35.5. The molecule has 0 saturated heterocycles. The van der Waals surface area contributed by atoms with Crippen molar-refractivity contribution in [1.82, 2.24) is 4.98 Å². The standard InChI is InChI=1S/C14H12Cl3N3O/c1-2-18-13-4-3-8(7-19-13)14(21)20-12-6-10(16)9(15)5-11(12)17/h3-7H,2H2,1H3,(H,18,19)(H,20,21). The van der Waals surface area contributed by atoms with E-state index in [9.17, 15) is 4.79 Å². The summed E-state index contributed by atoms with van der Waals surface area (Å²) < 4.78 is 0. The van der Waals surface area contributed by atoms with E-state index in [-0.39, 0.29) is 5.91 Å². The first-order valence-corrected chi connectivity index (χ1v) is 7.30. The highest BCUT2D eigenvalue weighted by Crippen LogP contribution is 2.32. The third kappa shape index (κ3) is 4.00. The van der Waals surface area contributed by atoms with Gasteiger partial charge in [-0.3, -0.25) is 4.79 Å². The van der Waals surface area contributed by atoms with Crippen LogP contribution in [-0.2, 0) is 0 Å². The molecule has 110 valence electrons. The zero-order valence-electron chi connectivity index (χ0n) is 11.1. The molecule has 21 heavy (non-hydrogen) atoms. The molecule has 0 saturated carbocycles. The highest BCUT2D eigenvalue weighted by Gasteiger charge is 2.11. The summed E-state index contributed by atoms with van der Waals surface area (Å²) in [5.41, 5.74) is 0.811. The van der Waals surface area contributed by atoms with Gasteiger partial charge in [-0.15, -0.1) is 0 Å². The largest absolute Gasteiger partial charge is 0.370 e. The lowest BCUT2D eigenvalue weighted by atomic mass is 10.2. The van der Waals surface area contributed by atoms with E-state index >= 15 is 0 Å². The minimum Gasteiger partial charge on any atom is -0.370 e. The van der Waals surface area contributed by atoms with E-state index in [2.05, 4.69) is 15.6 Å². The van der Waals surface area contributed by atoms with Crippen LogP contribution in [0.25, 0.3) is 0 Å². The summed E-state index contributed by atoms with van der Waals surface area (Å²) >= 11 is 17.8. The van der Waals surface area contributed by atoms with Crippen LogP contribution in [-0.4, -0.2) is 17.4 Å². The quantitative estimate of drug-likeness (QED) is 0.789. The monoisotopic (exact) mass is 343 g/mol. The van der Waals surface area contributed by atoms with Crippen molar-refractivity contribution in [3.05, 3.63) is 51.1 Å². The first-order valence-electron chi connectivity index (χ1n) is 6.17. The van der Waals surface area contributed by atoms with E-state index in [4.69, 9.17) is 34.8 Å². The average molecular weight is 345 g/mol. The number of rotatable bonds is 4. The number of benzene rings is 1. The number of amides is 1. The lowest BCUT2D eigenvalue weighted by Crippen LogP contribution is -2.13. The van der Waals surface area contributed by atoms with Gasteiger partial charge < -0.3 is 10.6 Å². The summed E-state index contributed by atoms with van der Waals surface area (Å²) in [7, 11) is 0. The molecule has 1 amide bonds. The van der Waals surface area contributed by atoms with E-state index in [0.29, 0.717) is 32.1 Å². The fraction of sp³-hybridized carbons (Fsp3) is 0.143. The lowest BCUT2D eigenvalue weighted by Gasteiger charge is -2.09. The van der Waals surface area contributed by atoms with Crippen LogP contribution in [0.1, 0.15) is 17.3 Å². The van der Waals surface area contributed by atoms with Crippen molar-refractivity contribution in [1.29, 1.82) is 0 Å². The molecule has 2 N–H and O–H groups in total. The van der Waals surface area contributed by atoms with Gasteiger partial charge in [0.05, 0.1) is 26.3 Å². The second kappa shape index (κ2) is 6.98. The summed E-state index contributed by atoms with van der Waals surface area (Å²) in [6.07, 6.45) is 1.48. The molecule has 0 fully saturated rings. The molecule has 1 heterocycles. The minimum absolute atomic E-state index is 0.315. The Hall–Kier alpha value is -1.49. The van der Waals surface area contributed by atoms with Gasteiger partial charge in [0.2, 0.25) is 0 Å². The van der Waals surface area contributed by atoms with Crippen LogP contribution in [0, 0.1) is 0 Å². The zero-order valence-corrected chi connectivity index (χ0v) is 13.4. The third-order valence-corrected chi connectivity index (χ3v) is 3.68. The third-order valence-electron chi connectivity index (χ3n) is 2.64. The highest BCUT2D eigenvalue weighted by molar-refractivity contribution is 6.44. The Morgan fingerprint density at radius 3 is 2.48 bits per heavy atom. The van der Waals surface area contributed by atoms with Crippen LogP contribution in [0.3, 0.4) is 0 Å². The van der Waals surface area contributed by atoms with Gasteiger partial charge in [-0.1, -0.05) is 34.8 Å². The molecular formula is C14H12Cl3N3O. The van der Waals surface area contributed by atoms with Gasteiger partial charge in [0.25, 0.3) is 5.91 Å². The van der Waals surface area contributed by atoms with Crippen molar-refractivity contribution in [2.45, 2.75) is 6.92 Å². The Morgan fingerprint density at radius 1 is 1.14 bits per heavy atom.